The van der Waals surface area contributed by atoms with Crippen molar-refractivity contribution in [2.24, 2.45) is 0 Å². The van der Waals surface area contributed by atoms with Gasteiger partial charge in [-0.1, -0.05) is 265 Å². The molecule has 3 atom stereocenters. The number of rotatable bonds is 51. The van der Waals surface area contributed by atoms with Crippen molar-refractivity contribution in [2.45, 2.75) is 277 Å². The molecule has 70 heavy (non-hydrogen) atoms. The van der Waals surface area contributed by atoms with Gasteiger partial charge in [0.05, 0.1) is 25.2 Å². The minimum atomic E-state index is -0.814. The Labute approximate surface area is 432 Å². The van der Waals surface area contributed by atoms with E-state index in [1.807, 2.05) is 36.5 Å². The van der Waals surface area contributed by atoms with E-state index in [1.54, 1.807) is 0 Å². The number of carbonyl (C=O) groups excluding carboxylic acids is 2. The van der Waals surface area contributed by atoms with Gasteiger partial charge in [0.2, 0.25) is 5.91 Å². The zero-order valence-corrected chi connectivity index (χ0v) is 45.6. The molecule has 0 saturated carbocycles. The number of carbonyl (C=O) groups is 2. The number of esters is 1. The number of unbranched alkanes of at least 4 members (excludes halogenated alkanes) is 25. The van der Waals surface area contributed by atoms with Crippen molar-refractivity contribution in [1.82, 2.24) is 5.32 Å². The van der Waals surface area contributed by atoms with Gasteiger partial charge in [-0.15, -0.1) is 0 Å². The van der Waals surface area contributed by atoms with E-state index in [2.05, 4.69) is 99.0 Å². The van der Waals surface area contributed by atoms with Crippen molar-refractivity contribution in [3.63, 3.8) is 0 Å². The van der Waals surface area contributed by atoms with E-state index in [1.165, 1.54) is 109 Å². The quantitative estimate of drug-likeness (QED) is 0.0244. The third-order valence-corrected chi connectivity index (χ3v) is 12.7. The highest BCUT2D eigenvalue weighted by Crippen LogP contribution is 2.17. The molecule has 0 rings (SSSR count). The zero-order valence-electron chi connectivity index (χ0n) is 45.6. The highest BCUT2D eigenvalue weighted by atomic mass is 16.5. The molecular weight excluding hydrogens is 863 g/mol. The van der Waals surface area contributed by atoms with Crippen molar-refractivity contribution in [1.29, 1.82) is 0 Å². The molecule has 0 aromatic rings. The van der Waals surface area contributed by atoms with Crippen LogP contribution in [0.25, 0.3) is 0 Å². The Morgan fingerprint density at radius 1 is 0.429 bits per heavy atom. The summed E-state index contributed by atoms with van der Waals surface area (Å²) in [5.41, 5.74) is 0. The van der Waals surface area contributed by atoms with Gasteiger partial charge in [-0.3, -0.25) is 9.59 Å². The van der Waals surface area contributed by atoms with Gasteiger partial charge in [0.15, 0.2) is 0 Å². The van der Waals surface area contributed by atoms with Crippen LogP contribution >= 0.6 is 0 Å². The first-order valence-electron chi connectivity index (χ1n) is 29.2. The lowest BCUT2D eigenvalue weighted by atomic mass is 10.0. The average Bonchev–Trinajstić information content (AvgIpc) is 3.35. The topological polar surface area (TPSA) is 95.9 Å². The maximum atomic E-state index is 13.3. The first-order valence-corrected chi connectivity index (χ1v) is 29.2. The highest BCUT2D eigenvalue weighted by Gasteiger charge is 2.24. The Hall–Kier alpha value is -3.48. The van der Waals surface area contributed by atoms with E-state index < -0.39 is 18.2 Å². The van der Waals surface area contributed by atoms with Gasteiger partial charge in [-0.25, -0.2) is 0 Å². The predicted molar refractivity (Wildman–Crippen MR) is 305 cm³/mol. The average molecular weight is 973 g/mol. The number of aliphatic hydroxyl groups is 2. The summed E-state index contributed by atoms with van der Waals surface area (Å²) < 4.78 is 5.93. The van der Waals surface area contributed by atoms with Gasteiger partial charge in [-0.2, -0.15) is 0 Å². The Morgan fingerprint density at radius 3 is 1.31 bits per heavy atom. The monoisotopic (exact) mass is 972 g/mol. The molecule has 0 radical (unpaired) electrons. The molecule has 0 aliphatic heterocycles. The minimum Gasteiger partial charge on any atom is -0.462 e. The molecule has 3 N–H and O–H groups in total. The van der Waals surface area contributed by atoms with E-state index in [4.69, 9.17) is 4.74 Å². The lowest BCUT2D eigenvalue weighted by Gasteiger charge is -2.24. The van der Waals surface area contributed by atoms with Crippen LogP contribution in [0.5, 0.6) is 0 Å². The van der Waals surface area contributed by atoms with Crippen molar-refractivity contribution >= 4 is 11.9 Å². The molecule has 400 valence electrons. The minimum absolute atomic E-state index is 0.0303. The lowest BCUT2D eigenvalue weighted by Crippen LogP contribution is -2.46. The van der Waals surface area contributed by atoms with E-state index in [-0.39, 0.29) is 24.9 Å². The van der Waals surface area contributed by atoms with Gasteiger partial charge in [-0.05, 0) is 89.9 Å². The SMILES string of the molecule is CCC/C=C/C=C/C=C/C=C/C=C/CCCCCC(CC(=O)NC(CO)C(O)CCCCCCCCCCCCCCCCCC)OC(=O)CCCCC/C=C\C/C=C\C/C=C\C/C=C\CCCCC. The van der Waals surface area contributed by atoms with Crippen LogP contribution in [0.2, 0.25) is 0 Å². The summed E-state index contributed by atoms with van der Waals surface area (Å²) in [5, 5.41) is 23.9. The summed E-state index contributed by atoms with van der Waals surface area (Å²) in [5.74, 6) is -0.556. The maximum absolute atomic E-state index is 13.3. The smallest absolute Gasteiger partial charge is 0.306 e. The number of ether oxygens (including phenoxy) is 1. The van der Waals surface area contributed by atoms with E-state index in [0.29, 0.717) is 19.3 Å². The first-order chi connectivity index (χ1) is 34.5. The molecule has 0 aromatic carbocycles. The number of nitrogens with one attached hydrogen (secondary N) is 1. The number of amides is 1. The number of hydrogen-bond acceptors (Lipinski definition) is 5. The van der Waals surface area contributed by atoms with Gasteiger partial charge < -0.3 is 20.3 Å². The molecule has 0 fully saturated rings. The Kier molecular flexibility index (Phi) is 53.6. The predicted octanol–water partition coefficient (Wildman–Crippen LogP) is 18.2. The van der Waals surface area contributed by atoms with Crippen LogP contribution in [0.1, 0.15) is 258 Å². The van der Waals surface area contributed by atoms with Crippen molar-refractivity contribution in [3.05, 3.63) is 109 Å². The number of allylic oxidation sites excluding steroid dienone is 18. The van der Waals surface area contributed by atoms with Crippen molar-refractivity contribution in [3.8, 4) is 0 Å². The van der Waals surface area contributed by atoms with Crippen LogP contribution in [0.3, 0.4) is 0 Å². The molecule has 0 heterocycles. The summed E-state index contributed by atoms with van der Waals surface area (Å²) in [4.78, 5) is 26.3. The van der Waals surface area contributed by atoms with Gasteiger partial charge >= 0.3 is 5.97 Å². The molecule has 0 aromatic heterocycles. The summed E-state index contributed by atoms with van der Waals surface area (Å²) in [6.07, 6.45) is 77.2. The van der Waals surface area contributed by atoms with Crippen LogP contribution < -0.4 is 5.32 Å². The summed E-state index contributed by atoms with van der Waals surface area (Å²) in [7, 11) is 0. The summed E-state index contributed by atoms with van der Waals surface area (Å²) in [6, 6.07) is -0.731. The molecule has 6 heteroatoms. The Bertz CT molecular complexity index is 1420. The fraction of sp³-hybridized carbons (Fsp3) is 0.688. The standard InChI is InChI=1S/C64H109NO5/c1-4-7-10-13-16-19-22-25-28-31-32-33-36-39-42-45-48-51-54-57-64(69)70-60(55-52-49-46-43-40-37-34-29-26-23-20-17-14-11-8-5-2)58-63(68)65-61(59-66)62(67)56-53-50-47-44-41-38-35-30-27-24-21-18-15-12-9-6-3/h11,14,16-17,19-20,23,25-26,28-29,32-34,37,39-40,42,60-62,66-67H,4-10,12-13,15,18,21-22,24,27,30-31,35-36,38,41,43-59H2,1-3H3,(H,65,68)/b14-11+,19-16-,20-17+,26-23+,28-25-,33-32-,34-29+,40-37+,42-39-. The molecule has 0 spiro atoms. The third-order valence-electron chi connectivity index (χ3n) is 12.7. The Balaban J connectivity index is 4.71. The molecule has 3 unspecified atom stereocenters. The third kappa shape index (κ3) is 50.9. The zero-order chi connectivity index (χ0) is 50.9. The van der Waals surface area contributed by atoms with Gasteiger partial charge in [0.25, 0.3) is 0 Å². The molecule has 1 amide bonds. The summed E-state index contributed by atoms with van der Waals surface area (Å²) >= 11 is 0. The molecule has 0 aliphatic carbocycles. The van der Waals surface area contributed by atoms with Crippen LogP contribution in [0.15, 0.2) is 109 Å². The van der Waals surface area contributed by atoms with E-state index in [9.17, 15) is 19.8 Å². The molecule has 0 saturated heterocycles. The second-order valence-corrected chi connectivity index (χ2v) is 19.5. The van der Waals surface area contributed by atoms with Crippen molar-refractivity contribution in [2.75, 3.05) is 6.61 Å². The van der Waals surface area contributed by atoms with Gasteiger partial charge in [0, 0.05) is 6.42 Å². The second-order valence-electron chi connectivity index (χ2n) is 19.5. The largest absolute Gasteiger partial charge is 0.462 e. The van der Waals surface area contributed by atoms with Crippen LogP contribution in [0, 0.1) is 0 Å². The first kappa shape index (κ1) is 66.5. The second kappa shape index (κ2) is 56.4. The molecule has 0 aliphatic rings. The lowest BCUT2D eigenvalue weighted by molar-refractivity contribution is -0.151. The van der Waals surface area contributed by atoms with Crippen LogP contribution in [0.4, 0.5) is 0 Å². The van der Waals surface area contributed by atoms with E-state index in [0.717, 1.165) is 103 Å². The fourth-order valence-corrected chi connectivity index (χ4v) is 8.27. The highest BCUT2D eigenvalue weighted by molar-refractivity contribution is 5.77. The molecule has 0 bridgehead atoms. The van der Waals surface area contributed by atoms with E-state index >= 15 is 0 Å². The van der Waals surface area contributed by atoms with Crippen LogP contribution in [-0.4, -0.2) is 46.9 Å². The van der Waals surface area contributed by atoms with Gasteiger partial charge in [0.1, 0.15) is 6.10 Å². The molecular formula is C64H109NO5. The Morgan fingerprint density at radius 2 is 0.814 bits per heavy atom. The molecule has 6 nitrogen and oxygen atoms in total. The normalized spacial score (nSPS) is 14.0. The fourth-order valence-electron chi connectivity index (χ4n) is 8.27. The van der Waals surface area contributed by atoms with Crippen molar-refractivity contribution < 1.29 is 24.5 Å². The van der Waals surface area contributed by atoms with Crippen LogP contribution in [-0.2, 0) is 14.3 Å². The number of aliphatic hydroxyl groups excluding tert-OH is 2. The maximum Gasteiger partial charge on any atom is 0.306 e. The summed E-state index contributed by atoms with van der Waals surface area (Å²) in [6.45, 7) is 6.36. The number of hydrogen-bond donors (Lipinski definition) is 3.